The Hall–Kier alpha value is -6.58. The summed E-state index contributed by atoms with van der Waals surface area (Å²) in [6.07, 6.45) is 0. The predicted molar refractivity (Wildman–Crippen MR) is 216 cm³/mol. The van der Waals surface area contributed by atoms with Crippen molar-refractivity contribution in [2.24, 2.45) is 0 Å². The Labute approximate surface area is 301 Å². The van der Waals surface area contributed by atoms with Gasteiger partial charge in [-0.2, -0.15) is 0 Å². The molecule has 0 fully saturated rings. The van der Waals surface area contributed by atoms with Crippen molar-refractivity contribution < 1.29 is 8.83 Å². The van der Waals surface area contributed by atoms with E-state index in [9.17, 15) is 0 Å². The first-order chi connectivity index (χ1) is 25.5. The van der Waals surface area contributed by atoms with Gasteiger partial charge in [-0.05, 0) is 105 Å². The number of benzene rings is 8. The van der Waals surface area contributed by atoms with E-state index in [1.165, 1.54) is 49.5 Å². The molecule has 10 aromatic rings. The quantitative estimate of drug-likeness (QED) is 0.187. The van der Waals surface area contributed by atoms with Crippen LogP contribution in [0.5, 0.6) is 0 Å². The summed E-state index contributed by atoms with van der Waals surface area (Å²) in [5.74, 6) is 0. The summed E-state index contributed by atoms with van der Waals surface area (Å²) >= 11 is 0. The van der Waals surface area contributed by atoms with Gasteiger partial charge in [0.05, 0.1) is 5.69 Å². The van der Waals surface area contributed by atoms with Crippen molar-refractivity contribution in [2.75, 3.05) is 4.90 Å². The average Bonchev–Trinajstić information content (AvgIpc) is 3.82. The highest BCUT2D eigenvalue weighted by Crippen LogP contribution is 2.53. The fraction of sp³-hybridized carbons (Fsp3) is 0.0612. The van der Waals surface area contributed by atoms with E-state index < -0.39 is 0 Å². The molecule has 52 heavy (non-hydrogen) atoms. The number of furan rings is 2. The molecule has 0 spiro atoms. The van der Waals surface area contributed by atoms with E-state index in [1.54, 1.807) is 0 Å². The van der Waals surface area contributed by atoms with Crippen LogP contribution in [0, 0.1) is 0 Å². The lowest BCUT2D eigenvalue weighted by Crippen LogP contribution is -2.16. The predicted octanol–water partition coefficient (Wildman–Crippen LogP) is 14.1. The van der Waals surface area contributed by atoms with Crippen LogP contribution in [0.1, 0.15) is 25.0 Å². The zero-order valence-electron chi connectivity index (χ0n) is 28.9. The van der Waals surface area contributed by atoms with E-state index in [-0.39, 0.29) is 5.41 Å². The summed E-state index contributed by atoms with van der Waals surface area (Å²) in [6, 6.07) is 58.8. The lowest BCUT2D eigenvalue weighted by Gasteiger charge is -2.28. The Morgan fingerprint density at radius 1 is 0.423 bits per heavy atom. The van der Waals surface area contributed by atoms with Gasteiger partial charge in [0.1, 0.15) is 16.7 Å². The lowest BCUT2D eigenvalue weighted by molar-refractivity contribution is 0.657. The topological polar surface area (TPSA) is 29.5 Å². The number of hydrogen-bond acceptors (Lipinski definition) is 3. The molecule has 3 nitrogen and oxygen atoms in total. The lowest BCUT2D eigenvalue weighted by atomic mass is 9.82. The maximum atomic E-state index is 6.64. The Bertz CT molecular complexity index is 3050. The highest BCUT2D eigenvalue weighted by molar-refractivity contribution is 6.11. The van der Waals surface area contributed by atoms with E-state index in [0.29, 0.717) is 0 Å². The van der Waals surface area contributed by atoms with Crippen molar-refractivity contribution in [1.29, 1.82) is 0 Å². The van der Waals surface area contributed by atoms with E-state index in [1.807, 2.05) is 12.1 Å². The van der Waals surface area contributed by atoms with Crippen molar-refractivity contribution in [2.45, 2.75) is 19.3 Å². The fourth-order valence-electron chi connectivity index (χ4n) is 8.59. The van der Waals surface area contributed by atoms with Crippen LogP contribution in [-0.2, 0) is 5.41 Å². The smallest absolute Gasteiger partial charge is 0.159 e. The molecule has 0 unspecified atom stereocenters. The number of rotatable bonds is 4. The van der Waals surface area contributed by atoms with Gasteiger partial charge in [-0.3, -0.25) is 0 Å². The van der Waals surface area contributed by atoms with Gasteiger partial charge in [0, 0.05) is 38.3 Å². The molecule has 2 aromatic heterocycles. The van der Waals surface area contributed by atoms with Crippen molar-refractivity contribution in [3.05, 3.63) is 175 Å². The molecule has 2 heterocycles. The van der Waals surface area contributed by atoms with Crippen molar-refractivity contribution in [3.8, 4) is 22.3 Å². The number of nitrogens with zero attached hydrogens (tertiary/aromatic N) is 1. The molecule has 246 valence electrons. The maximum absolute atomic E-state index is 6.64. The minimum absolute atomic E-state index is 0.218. The van der Waals surface area contributed by atoms with Crippen LogP contribution in [0.15, 0.2) is 173 Å². The second-order valence-corrected chi connectivity index (χ2v) is 14.5. The van der Waals surface area contributed by atoms with Crippen LogP contribution < -0.4 is 4.90 Å². The van der Waals surface area contributed by atoms with Gasteiger partial charge in [0.2, 0.25) is 0 Å². The Morgan fingerprint density at radius 2 is 1.08 bits per heavy atom. The summed E-state index contributed by atoms with van der Waals surface area (Å²) in [5.41, 5.74) is 14.0. The third-order valence-corrected chi connectivity index (χ3v) is 11.2. The first-order valence-electron chi connectivity index (χ1n) is 17.9. The molecule has 1 aliphatic rings. The van der Waals surface area contributed by atoms with Gasteiger partial charge >= 0.3 is 0 Å². The van der Waals surface area contributed by atoms with Gasteiger partial charge in [-0.25, -0.2) is 0 Å². The molecule has 0 bridgehead atoms. The SMILES string of the molecule is CC1(C)c2cc(N(c3ccc(-c4ccc5ccccc5c4)cc3)c3cccc4c3oc3ccccc34)ccc2-c2cc3oc4ccccc4c3cc21. The second-order valence-electron chi connectivity index (χ2n) is 14.5. The van der Waals surface area contributed by atoms with E-state index in [0.717, 1.165) is 55.6 Å². The first-order valence-corrected chi connectivity index (χ1v) is 17.9. The molecule has 0 saturated heterocycles. The number of para-hydroxylation sites is 3. The summed E-state index contributed by atoms with van der Waals surface area (Å²) in [6.45, 7) is 4.69. The highest BCUT2D eigenvalue weighted by Gasteiger charge is 2.37. The Kier molecular flexibility index (Phi) is 6.01. The van der Waals surface area contributed by atoms with Crippen LogP contribution in [0.2, 0.25) is 0 Å². The van der Waals surface area contributed by atoms with Gasteiger partial charge in [0.25, 0.3) is 0 Å². The molecule has 0 amide bonds. The van der Waals surface area contributed by atoms with Crippen molar-refractivity contribution in [1.82, 2.24) is 0 Å². The van der Waals surface area contributed by atoms with Gasteiger partial charge < -0.3 is 13.7 Å². The molecular weight excluding hydrogens is 635 g/mol. The third kappa shape index (κ3) is 4.20. The molecule has 0 saturated carbocycles. The third-order valence-electron chi connectivity index (χ3n) is 11.2. The molecule has 8 aromatic carbocycles. The first kappa shape index (κ1) is 29.2. The fourth-order valence-corrected chi connectivity index (χ4v) is 8.59. The van der Waals surface area contributed by atoms with Crippen molar-refractivity contribution >= 4 is 71.7 Å². The maximum Gasteiger partial charge on any atom is 0.159 e. The summed E-state index contributed by atoms with van der Waals surface area (Å²) in [5, 5.41) is 7.04. The number of anilines is 3. The molecular formula is C49H33NO2. The molecule has 0 N–H and O–H groups in total. The van der Waals surface area contributed by atoms with Crippen LogP contribution in [0.25, 0.3) is 76.9 Å². The Balaban J connectivity index is 1.09. The second kappa shape index (κ2) is 10.7. The van der Waals surface area contributed by atoms with E-state index in [4.69, 9.17) is 8.83 Å². The monoisotopic (exact) mass is 667 g/mol. The number of hydrogen-bond donors (Lipinski definition) is 0. The van der Waals surface area contributed by atoms with Gasteiger partial charge in [0.15, 0.2) is 5.58 Å². The average molecular weight is 668 g/mol. The largest absolute Gasteiger partial charge is 0.456 e. The number of fused-ring (bicyclic) bond motifs is 10. The van der Waals surface area contributed by atoms with Crippen LogP contribution in [0.4, 0.5) is 17.1 Å². The van der Waals surface area contributed by atoms with Crippen LogP contribution in [-0.4, -0.2) is 0 Å². The van der Waals surface area contributed by atoms with Crippen LogP contribution >= 0.6 is 0 Å². The standard InChI is InChI=1S/C49H33NO2/c1-49(2)42-27-35(24-25-36(42)40-29-47-41(28-43(40)49)38-13-6-7-16-45(38)51-47)50(44-15-9-14-39-37-12-5-8-17-46(37)52-48(39)44)34-22-20-31(21-23-34)33-19-18-30-10-3-4-11-32(30)26-33/h3-29H,1-2H3. The minimum atomic E-state index is -0.218. The molecule has 1 aliphatic carbocycles. The van der Waals surface area contributed by atoms with Crippen molar-refractivity contribution in [3.63, 3.8) is 0 Å². The molecule has 0 radical (unpaired) electrons. The molecule has 3 heteroatoms. The Morgan fingerprint density at radius 3 is 1.90 bits per heavy atom. The summed E-state index contributed by atoms with van der Waals surface area (Å²) in [7, 11) is 0. The van der Waals surface area contributed by atoms with E-state index >= 15 is 0 Å². The van der Waals surface area contributed by atoms with E-state index in [2.05, 4.69) is 170 Å². The summed E-state index contributed by atoms with van der Waals surface area (Å²) < 4.78 is 13.0. The molecule has 0 aliphatic heterocycles. The molecule has 11 rings (SSSR count). The zero-order chi connectivity index (χ0) is 34.6. The minimum Gasteiger partial charge on any atom is -0.456 e. The molecule has 0 atom stereocenters. The normalized spacial score (nSPS) is 13.3. The summed E-state index contributed by atoms with van der Waals surface area (Å²) in [4.78, 5) is 2.35. The highest BCUT2D eigenvalue weighted by atomic mass is 16.3. The van der Waals surface area contributed by atoms with Gasteiger partial charge in [-0.15, -0.1) is 0 Å². The van der Waals surface area contributed by atoms with Gasteiger partial charge in [-0.1, -0.05) is 117 Å². The zero-order valence-corrected chi connectivity index (χ0v) is 28.9. The van der Waals surface area contributed by atoms with Crippen LogP contribution in [0.3, 0.4) is 0 Å².